The summed E-state index contributed by atoms with van der Waals surface area (Å²) < 4.78 is 52.6. The predicted molar refractivity (Wildman–Crippen MR) is 109 cm³/mol. The van der Waals surface area contributed by atoms with Crippen molar-refractivity contribution < 1.29 is 26.9 Å². The van der Waals surface area contributed by atoms with Crippen LogP contribution in [0.4, 0.5) is 13.2 Å². The van der Waals surface area contributed by atoms with Crippen LogP contribution in [0, 0.1) is 0 Å². The summed E-state index contributed by atoms with van der Waals surface area (Å²) >= 11 is 0. The van der Waals surface area contributed by atoms with Crippen LogP contribution in [-0.2, 0) is 12.6 Å². The van der Waals surface area contributed by atoms with Gasteiger partial charge in [-0.25, -0.2) is 9.50 Å². The zero-order chi connectivity index (χ0) is 23.2. The number of rotatable bonds is 5. The fourth-order valence-electron chi connectivity index (χ4n) is 4.19. The van der Waals surface area contributed by atoms with Gasteiger partial charge in [0.05, 0.1) is 18.5 Å². The van der Waals surface area contributed by atoms with E-state index >= 15 is 0 Å². The topological polar surface area (TPSA) is 89.7 Å². The highest BCUT2D eigenvalue weighted by molar-refractivity contribution is 6.00. The van der Waals surface area contributed by atoms with Gasteiger partial charge in [-0.15, -0.1) is 0 Å². The number of hydrogen-bond donors (Lipinski definition) is 0. The lowest BCUT2D eigenvalue weighted by atomic mass is 10.1. The van der Waals surface area contributed by atoms with E-state index in [1.54, 1.807) is 11.0 Å². The summed E-state index contributed by atoms with van der Waals surface area (Å²) in [4.78, 5) is 19.4. The van der Waals surface area contributed by atoms with Crippen LogP contribution in [0.2, 0.25) is 0 Å². The summed E-state index contributed by atoms with van der Waals surface area (Å²) in [6.45, 7) is 2.47. The molecule has 5 heterocycles. The molecule has 0 aromatic carbocycles. The van der Waals surface area contributed by atoms with Crippen molar-refractivity contribution in [1.29, 1.82) is 0 Å². The molecule has 1 fully saturated rings. The second kappa shape index (κ2) is 8.05. The molecule has 1 aliphatic rings. The molecule has 0 aliphatic carbocycles. The van der Waals surface area contributed by atoms with E-state index < -0.39 is 17.8 Å². The monoisotopic (exact) mass is 459 g/mol. The number of hydrogen-bond acceptors (Lipinski definition) is 6. The molecule has 4 aromatic rings. The van der Waals surface area contributed by atoms with E-state index in [4.69, 9.17) is 8.94 Å². The van der Waals surface area contributed by atoms with Crippen molar-refractivity contribution in [1.82, 2.24) is 24.7 Å². The van der Waals surface area contributed by atoms with Crippen molar-refractivity contribution in [3.05, 3.63) is 59.4 Å². The second-order valence-corrected chi connectivity index (χ2v) is 7.92. The first-order valence-corrected chi connectivity index (χ1v) is 10.6. The Morgan fingerprint density at radius 3 is 2.88 bits per heavy atom. The molecule has 33 heavy (non-hydrogen) atoms. The van der Waals surface area contributed by atoms with Crippen molar-refractivity contribution in [2.45, 2.75) is 44.8 Å². The van der Waals surface area contributed by atoms with E-state index in [1.165, 1.54) is 12.3 Å². The molecular weight excluding hydrogens is 439 g/mol. The van der Waals surface area contributed by atoms with Crippen LogP contribution in [0.1, 0.15) is 59.7 Å². The van der Waals surface area contributed by atoms with Gasteiger partial charge in [0.25, 0.3) is 5.91 Å². The van der Waals surface area contributed by atoms with E-state index in [0.717, 1.165) is 37.3 Å². The van der Waals surface area contributed by atoms with Gasteiger partial charge in [0.15, 0.2) is 17.1 Å². The number of carbonyl (C=O) groups excluding carboxylic acids is 1. The number of carbonyl (C=O) groups is 1. The molecule has 0 bridgehead atoms. The Bertz CT molecular complexity index is 1290. The first kappa shape index (κ1) is 21.2. The summed E-state index contributed by atoms with van der Waals surface area (Å²) in [5.74, 6) is 0.444. The highest BCUT2D eigenvalue weighted by atomic mass is 19.4. The first-order chi connectivity index (χ1) is 15.9. The number of nitrogens with zero attached hydrogens (tertiary/aromatic N) is 5. The normalized spacial score (nSPS) is 16.7. The zero-order valence-corrected chi connectivity index (χ0v) is 17.7. The molecule has 0 unspecified atom stereocenters. The predicted octanol–water partition coefficient (Wildman–Crippen LogP) is 4.93. The Kier molecular flexibility index (Phi) is 5.18. The maximum atomic E-state index is 13.8. The molecule has 0 saturated carbocycles. The highest BCUT2D eigenvalue weighted by Gasteiger charge is 2.38. The third-order valence-corrected chi connectivity index (χ3v) is 5.69. The average molecular weight is 459 g/mol. The molecule has 0 radical (unpaired) electrons. The molecule has 5 rings (SSSR count). The highest BCUT2D eigenvalue weighted by Crippen LogP contribution is 2.36. The Hall–Kier alpha value is -3.63. The molecule has 1 atom stereocenters. The zero-order valence-electron chi connectivity index (χ0n) is 17.7. The first-order valence-electron chi connectivity index (χ1n) is 10.6. The van der Waals surface area contributed by atoms with Crippen molar-refractivity contribution >= 4 is 11.6 Å². The van der Waals surface area contributed by atoms with Crippen molar-refractivity contribution in [2.24, 2.45) is 0 Å². The van der Waals surface area contributed by atoms with Gasteiger partial charge in [-0.1, -0.05) is 12.1 Å². The fraction of sp³-hybridized carbons (Fsp3) is 0.364. The number of furan rings is 1. The van der Waals surface area contributed by atoms with E-state index in [1.807, 2.05) is 13.0 Å². The molecular formula is C22H20F3N5O3. The smallest absolute Gasteiger partial charge is 0.433 e. The number of fused-ring (bicyclic) bond motifs is 1. The summed E-state index contributed by atoms with van der Waals surface area (Å²) in [5.41, 5.74) is -0.637. The number of halogens is 3. The Morgan fingerprint density at radius 2 is 2.15 bits per heavy atom. The van der Waals surface area contributed by atoms with Crippen LogP contribution in [0.25, 0.3) is 17.1 Å². The summed E-state index contributed by atoms with van der Waals surface area (Å²) in [6.07, 6.45) is 0.827. The van der Waals surface area contributed by atoms with Crippen LogP contribution in [0.3, 0.4) is 0 Å². The quantitative estimate of drug-likeness (QED) is 0.421. The molecule has 0 spiro atoms. The van der Waals surface area contributed by atoms with Gasteiger partial charge in [0.1, 0.15) is 22.7 Å². The minimum Gasteiger partial charge on any atom is -0.463 e. The molecule has 1 aliphatic heterocycles. The van der Waals surface area contributed by atoms with Crippen molar-refractivity contribution in [2.75, 3.05) is 6.54 Å². The van der Waals surface area contributed by atoms with E-state index in [-0.39, 0.29) is 28.7 Å². The van der Waals surface area contributed by atoms with Crippen LogP contribution in [0.15, 0.2) is 45.7 Å². The molecule has 1 amide bonds. The lowest BCUT2D eigenvalue weighted by Gasteiger charge is -2.22. The molecule has 0 N–H and O–H groups in total. The minimum atomic E-state index is -4.71. The number of alkyl halides is 3. The standard InChI is InChI=1S/C22H20F3N5O3/c1-2-5-13-10-15(28-33-13)17-6-3-8-29(17)21(31)14-12-26-30-19(22(23,24)25)11-16(27-20(14)30)18-7-4-9-32-18/h4,7,9-12,17H,2-3,5-6,8H2,1H3/t17-/m0/s1. The van der Waals surface area contributed by atoms with Crippen LogP contribution in [0.5, 0.6) is 0 Å². The van der Waals surface area contributed by atoms with Gasteiger partial charge in [-0.05, 0) is 37.5 Å². The Morgan fingerprint density at radius 1 is 1.30 bits per heavy atom. The van der Waals surface area contributed by atoms with Crippen LogP contribution >= 0.6 is 0 Å². The number of aryl methyl sites for hydroxylation is 1. The van der Waals surface area contributed by atoms with Gasteiger partial charge in [-0.2, -0.15) is 18.3 Å². The number of aromatic nitrogens is 4. The maximum Gasteiger partial charge on any atom is 0.433 e. The molecule has 11 heteroatoms. The Labute approximate surface area is 186 Å². The van der Waals surface area contributed by atoms with Gasteiger partial charge in [0.2, 0.25) is 0 Å². The fourth-order valence-corrected chi connectivity index (χ4v) is 4.19. The Balaban J connectivity index is 1.56. The third-order valence-electron chi connectivity index (χ3n) is 5.69. The molecule has 8 nitrogen and oxygen atoms in total. The molecule has 4 aromatic heterocycles. The summed E-state index contributed by atoms with van der Waals surface area (Å²) in [7, 11) is 0. The molecule has 172 valence electrons. The maximum absolute atomic E-state index is 13.8. The SMILES string of the molecule is CCCc1cc([C@@H]2CCCN2C(=O)c2cnn3c(C(F)(F)F)cc(-c4ccco4)nc23)no1. The van der Waals surface area contributed by atoms with Crippen molar-refractivity contribution in [3.63, 3.8) is 0 Å². The van der Waals surface area contributed by atoms with E-state index in [0.29, 0.717) is 23.2 Å². The molecule has 1 saturated heterocycles. The van der Waals surface area contributed by atoms with Crippen molar-refractivity contribution in [3.8, 4) is 11.5 Å². The van der Waals surface area contributed by atoms with E-state index in [9.17, 15) is 18.0 Å². The van der Waals surface area contributed by atoms with E-state index in [2.05, 4.69) is 15.2 Å². The summed E-state index contributed by atoms with van der Waals surface area (Å²) in [6, 6.07) is 5.43. The number of likely N-dealkylation sites (tertiary alicyclic amines) is 1. The van der Waals surface area contributed by atoms with Gasteiger partial charge in [0, 0.05) is 19.0 Å². The largest absolute Gasteiger partial charge is 0.463 e. The third kappa shape index (κ3) is 3.77. The lowest BCUT2D eigenvalue weighted by Crippen LogP contribution is -2.30. The number of amides is 1. The van der Waals surface area contributed by atoms with Gasteiger partial charge < -0.3 is 13.8 Å². The minimum absolute atomic E-state index is 0.0157. The second-order valence-electron chi connectivity index (χ2n) is 7.92. The van der Waals surface area contributed by atoms with Crippen LogP contribution < -0.4 is 0 Å². The lowest BCUT2D eigenvalue weighted by molar-refractivity contribution is -0.142. The van der Waals surface area contributed by atoms with Gasteiger partial charge in [-0.3, -0.25) is 4.79 Å². The van der Waals surface area contributed by atoms with Gasteiger partial charge >= 0.3 is 6.18 Å². The average Bonchev–Trinajstić information content (AvgIpc) is 3.58. The van der Waals surface area contributed by atoms with Crippen LogP contribution in [-0.4, -0.2) is 37.1 Å². The summed E-state index contributed by atoms with van der Waals surface area (Å²) in [5, 5.41) is 7.97.